The van der Waals surface area contributed by atoms with E-state index in [1.54, 1.807) is 22.6 Å². The highest BCUT2D eigenvalue weighted by Crippen LogP contribution is 2.25. The summed E-state index contributed by atoms with van der Waals surface area (Å²) in [5.41, 5.74) is 0.836. The number of nitrogens with one attached hydrogen (secondary N) is 1. The fraction of sp³-hybridized carbons (Fsp3) is 0.583. The third-order valence-corrected chi connectivity index (χ3v) is 4.33. The van der Waals surface area contributed by atoms with E-state index in [0.29, 0.717) is 23.3 Å². The molecule has 0 saturated carbocycles. The number of carbonyl (C=O) groups is 1. The van der Waals surface area contributed by atoms with Gasteiger partial charge in [0.2, 0.25) is 0 Å². The molecule has 106 valence electrons. The third kappa shape index (κ3) is 2.99. The number of aromatic nitrogens is 1. The van der Waals surface area contributed by atoms with E-state index in [4.69, 9.17) is 23.2 Å². The lowest BCUT2D eigenvalue weighted by atomic mass is 10.2. The number of urea groups is 1. The number of halogens is 2. The molecule has 1 aliphatic heterocycles. The molecule has 2 N–H and O–H groups in total. The smallest absolute Gasteiger partial charge is 0.318 e. The van der Waals surface area contributed by atoms with Crippen molar-refractivity contribution in [2.75, 3.05) is 13.2 Å². The first-order chi connectivity index (χ1) is 9.04. The van der Waals surface area contributed by atoms with Crippen LogP contribution in [-0.4, -0.2) is 39.8 Å². The maximum Gasteiger partial charge on any atom is 0.318 e. The van der Waals surface area contributed by atoms with E-state index in [2.05, 4.69) is 5.32 Å². The van der Waals surface area contributed by atoms with Gasteiger partial charge in [-0.1, -0.05) is 23.2 Å². The van der Waals surface area contributed by atoms with Crippen molar-refractivity contribution >= 4 is 29.2 Å². The number of aliphatic hydroxyl groups excluding tert-OH is 1. The van der Waals surface area contributed by atoms with Crippen LogP contribution in [0.15, 0.2) is 6.07 Å². The molecule has 1 aromatic heterocycles. The summed E-state index contributed by atoms with van der Waals surface area (Å²) in [4.78, 5) is 13.7. The summed E-state index contributed by atoms with van der Waals surface area (Å²) < 4.78 is 1.73. The molecule has 1 atom stereocenters. The van der Waals surface area contributed by atoms with Gasteiger partial charge in [-0.2, -0.15) is 0 Å². The van der Waals surface area contributed by atoms with E-state index in [9.17, 15) is 9.90 Å². The topological polar surface area (TPSA) is 57.5 Å². The van der Waals surface area contributed by atoms with E-state index in [-0.39, 0.29) is 18.7 Å². The van der Waals surface area contributed by atoms with Crippen molar-refractivity contribution in [2.45, 2.75) is 25.4 Å². The third-order valence-electron chi connectivity index (χ3n) is 3.49. The van der Waals surface area contributed by atoms with Gasteiger partial charge in [-0.15, -0.1) is 0 Å². The first-order valence-electron chi connectivity index (χ1n) is 6.19. The Labute approximate surface area is 122 Å². The minimum atomic E-state index is -0.162. The second kappa shape index (κ2) is 6.03. The van der Waals surface area contributed by atoms with Gasteiger partial charge in [0.1, 0.15) is 5.15 Å². The number of aliphatic hydroxyl groups is 1. The lowest BCUT2D eigenvalue weighted by molar-refractivity contribution is 0.157. The molecule has 0 bridgehead atoms. The Bertz CT molecular complexity index is 476. The Morgan fingerprint density at radius 2 is 2.32 bits per heavy atom. The second-order valence-corrected chi connectivity index (χ2v) is 5.43. The molecule has 2 amide bonds. The van der Waals surface area contributed by atoms with Crippen LogP contribution >= 0.6 is 23.2 Å². The van der Waals surface area contributed by atoms with E-state index in [1.807, 2.05) is 0 Å². The van der Waals surface area contributed by atoms with Gasteiger partial charge in [0.15, 0.2) is 0 Å². The van der Waals surface area contributed by atoms with Gasteiger partial charge in [-0.05, 0) is 18.9 Å². The average Bonchev–Trinajstić information content (AvgIpc) is 2.97. The first kappa shape index (κ1) is 14.5. The van der Waals surface area contributed by atoms with E-state index in [1.165, 1.54) is 0 Å². The highest BCUT2D eigenvalue weighted by Gasteiger charge is 2.27. The molecule has 1 aliphatic rings. The summed E-state index contributed by atoms with van der Waals surface area (Å²) >= 11 is 11.9. The molecule has 1 saturated heterocycles. The van der Waals surface area contributed by atoms with Crippen LogP contribution in [0.3, 0.4) is 0 Å². The quantitative estimate of drug-likeness (QED) is 0.897. The summed E-state index contributed by atoms with van der Waals surface area (Å²) in [6, 6.07) is 1.50. The molecule has 0 radical (unpaired) electrons. The van der Waals surface area contributed by atoms with Crippen LogP contribution in [0, 0.1) is 0 Å². The number of amides is 2. The number of hydrogen-bond acceptors (Lipinski definition) is 2. The first-order valence-corrected chi connectivity index (χ1v) is 6.95. The zero-order valence-corrected chi connectivity index (χ0v) is 12.2. The predicted molar refractivity (Wildman–Crippen MR) is 74.5 cm³/mol. The molecule has 2 rings (SSSR count). The Morgan fingerprint density at radius 3 is 2.89 bits per heavy atom. The van der Waals surface area contributed by atoms with E-state index >= 15 is 0 Å². The van der Waals surface area contributed by atoms with Crippen LogP contribution in [0.4, 0.5) is 4.79 Å². The van der Waals surface area contributed by atoms with Crippen LogP contribution in [-0.2, 0) is 13.6 Å². The maximum absolute atomic E-state index is 12.0. The van der Waals surface area contributed by atoms with E-state index in [0.717, 1.165) is 18.5 Å². The van der Waals surface area contributed by atoms with Crippen molar-refractivity contribution in [2.24, 2.45) is 7.05 Å². The molecule has 0 spiro atoms. The van der Waals surface area contributed by atoms with Crippen molar-refractivity contribution in [1.29, 1.82) is 0 Å². The molecule has 1 aromatic rings. The largest absolute Gasteiger partial charge is 0.394 e. The Hall–Kier alpha value is -0.910. The Kier molecular flexibility index (Phi) is 4.60. The van der Waals surface area contributed by atoms with Crippen molar-refractivity contribution in [3.05, 3.63) is 21.9 Å². The molecule has 0 aliphatic carbocycles. The highest BCUT2D eigenvalue weighted by molar-refractivity contribution is 6.41. The summed E-state index contributed by atoms with van der Waals surface area (Å²) in [6.45, 7) is 1.05. The van der Waals surface area contributed by atoms with Gasteiger partial charge < -0.3 is 19.9 Å². The molecular formula is C12H17Cl2N3O2. The summed E-state index contributed by atoms with van der Waals surface area (Å²) in [6.07, 6.45) is 1.78. The summed E-state index contributed by atoms with van der Waals surface area (Å²) in [7, 11) is 1.79. The molecular weight excluding hydrogens is 289 g/mol. The monoisotopic (exact) mass is 305 g/mol. The van der Waals surface area contributed by atoms with Crippen molar-refractivity contribution in [3.63, 3.8) is 0 Å². The van der Waals surface area contributed by atoms with Gasteiger partial charge in [0.05, 0.1) is 24.2 Å². The zero-order chi connectivity index (χ0) is 14.0. The van der Waals surface area contributed by atoms with E-state index < -0.39 is 0 Å². The average molecular weight is 306 g/mol. The molecule has 19 heavy (non-hydrogen) atoms. The van der Waals surface area contributed by atoms with Crippen molar-refractivity contribution < 1.29 is 9.90 Å². The molecule has 0 unspecified atom stereocenters. The predicted octanol–water partition coefficient (Wildman–Crippen LogP) is 2.00. The van der Waals surface area contributed by atoms with Crippen LogP contribution in [0.1, 0.15) is 18.5 Å². The standard InChI is InChI=1S/C12H17Cl2N3O2/c1-16-9(5-10(13)11(16)14)6-15-12(19)17-4-2-3-8(17)7-18/h5,8,18H,2-4,6-7H2,1H3,(H,15,19)/t8-/m1/s1. The Balaban J connectivity index is 1.95. The Morgan fingerprint density at radius 1 is 1.58 bits per heavy atom. The van der Waals surface area contributed by atoms with Gasteiger partial charge in [0.25, 0.3) is 0 Å². The molecule has 7 heteroatoms. The van der Waals surface area contributed by atoms with Crippen LogP contribution in [0.2, 0.25) is 10.2 Å². The summed E-state index contributed by atoms with van der Waals surface area (Å²) in [5, 5.41) is 13.0. The van der Waals surface area contributed by atoms with Crippen LogP contribution < -0.4 is 5.32 Å². The molecule has 0 aromatic carbocycles. The fourth-order valence-electron chi connectivity index (χ4n) is 2.32. The number of likely N-dealkylation sites (tertiary alicyclic amines) is 1. The minimum Gasteiger partial charge on any atom is -0.394 e. The fourth-order valence-corrected chi connectivity index (χ4v) is 2.73. The highest BCUT2D eigenvalue weighted by atomic mass is 35.5. The molecule has 5 nitrogen and oxygen atoms in total. The van der Waals surface area contributed by atoms with Crippen molar-refractivity contribution in [1.82, 2.24) is 14.8 Å². The molecule has 1 fully saturated rings. The minimum absolute atomic E-state index is 0.00916. The number of carbonyl (C=O) groups excluding carboxylic acids is 1. The van der Waals surface area contributed by atoms with Crippen molar-refractivity contribution in [3.8, 4) is 0 Å². The lowest BCUT2D eigenvalue weighted by Gasteiger charge is -2.23. The second-order valence-electron chi connectivity index (χ2n) is 4.66. The van der Waals surface area contributed by atoms with Gasteiger partial charge >= 0.3 is 6.03 Å². The molecule has 2 heterocycles. The maximum atomic E-state index is 12.0. The SMILES string of the molecule is Cn1c(CNC(=O)N2CCC[C@@H]2CO)cc(Cl)c1Cl. The van der Waals surface area contributed by atoms with Gasteiger partial charge in [-0.25, -0.2) is 4.79 Å². The van der Waals surface area contributed by atoms with Gasteiger partial charge in [-0.3, -0.25) is 0 Å². The van der Waals surface area contributed by atoms with Crippen LogP contribution in [0.5, 0.6) is 0 Å². The summed E-state index contributed by atoms with van der Waals surface area (Å²) in [5.74, 6) is 0. The normalized spacial score (nSPS) is 18.9. The number of nitrogens with zero attached hydrogens (tertiary/aromatic N) is 2. The van der Waals surface area contributed by atoms with Gasteiger partial charge in [0, 0.05) is 19.3 Å². The lowest BCUT2D eigenvalue weighted by Crippen LogP contribution is -2.44. The number of hydrogen-bond donors (Lipinski definition) is 2. The van der Waals surface area contributed by atoms with Crippen LogP contribution in [0.25, 0.3) is 0 Å². The zero-order valence-electron chi connectivity index (χ0n) is 10.7. The number of rotatable bonds is 3.